The van der Waals surface area contributed by atoms with E-state index in [1.807, 2.05) is 6.92 Å². The summed E-state index contributed by atoms with van der Waals surface area (Å²) in [6, 6.07) is 6.21. The predicted octanol–water partition coefficient (Wildman–Crippen LogP) is 3.45. The molecule has 0 amide bonds. The van der Waals surface area contributed by atoms with E-state index >= 15 is 0 Å². The number of hydrogen-bond donors (Lipinski definition) is 0. The van der Waals surface area contributed by atoms with Crippen molar-refractivity contribution in [1.29, 1.82) is 0 Å². The van der Waals surface area contributed by atoms with Gasteiger partial charge in [0.05, 0.1) is 12.5 Å². The first-order chi connectivity index (χ1) is 8.59. The first kappa shape index (κ1) is 13.1. The number of carbonyl (C=O) groups is 1. The van der Waals surface area contributed by atoms with E-state index in [0.717, 1.165) is 31.2 Å². The van der Waals surface area contributed by atoms with Crippen molar-refractivity contribution < 1.29 is 13.9 Å². The molecule has 1 aromatic rings. The highest BCUT2D eigenvalue weighted by molar-refractivity contribution is 5.83. The maximum Gasteiger partial charge on any atom is 0.316 e. The number of methoxy groups -OCH3 is 1. The van der Waals surface area contributed by atoms with Crippen LogP contribution in [0.5, 0.6) is 0 Å². The van der Waals surface area contributed by atoms with Crippen molar-refractivity contribution in [2.24, 2.45) is 5.92 Å². The summed E-state index contributed by atoms with van der Waals surface area (Å²) >= 11 is 0. The molecular formula is C15H19FO2. The Morgan fingerprint density at radius 3 is 2.33 bits per heavy atom. The molecule has 0 bridgehead atoms. The summed E-state index contributed by atoms with van der Waals surface area (Å²) in [5.41, 5.74) is 0.196. The summed E-state index contributed by atoms with van der Waals surface area (Å²) in [5, 5.41) is 0. The van der Waals surface area contributed by atoms with Crippen molar-refractivity contribution in [3.8, 4) is 0 Å². The van der Waals surface area contributed by atoms with Crippen LogP contribution in [0.25, 0.3) is 0 Å². The van der Waals surface area contributed by atoms with Gasteiger partial charge in [-0.15, -0.1) is 0 Å². The second-order valence-electron chi connectivity index (χ2n) is 5.18. The lowest BCUT2D eigenvalue weighted by Gasteiger charge is -2.33. The van der Waals surface area contributed by atoms with E-state index < -0.39 is 5.41 Å². The van der Waals surface area contributed by atoms with Gasteiger partial charge < -0.3 is 4.74 Å². The van der Waals surface area contributed by atoms with Crippen molar-refractivity contribution >= 4 is 5.97 Å². The highest BCUT2D eigenvalue weighted by atomic mass is 19.1. The predicted molar refractivity (Wildman–Crippen MR) is 67.7 cm³/mol. The minimum absolute atomic E-state index is 0.221. The number of carbonyl (C=O) groups excluding carboxylic acids is 1. The van der Waals surface area contributed by atoms with Crippen molar-refractivity contribution in [2.45, 2.75) is 38.0 Å². The molecule has 3 heteroatoms. The molecule has 0 radical (unpaired) electrons. The van der Waals surface area contributed by atoms with Crippen LogP contribution in [0, 0.1) is 11.7 Å². The van der Waals surface area contributed by atoms with E-state index in [1.165, 1.54) is 19.2 Å². The van der Waals surface area contributed by atoms with Crippen LogP contribution in [0.3, 0.4) is 0 Å². The molecule has 2 rings (SSSR count). The Hall–Kier alpha value is -1.38. The Balaban J connectivity index is 2.40. The Labute approximate surface area is 107 Å². The fourth-order valence-corrected chi connectivity index (χ4v) is 3.03. The van der Waals surface area contributed by atoms with E-state index in [4.69, 9.17) is 4.74 Å². The lowest BCUT2D eigenvalue weighted by molar-refractivity contribution is -0.149. The lowest BCUT2D eigenvalue weighted by Crippen LogP contribution is -2.40. The van der Waals surface area contributed by atoms with Gasteiger partial charge in [0.25, 0.3) is 0 Å². The molecule has 1 fully saturated rings. The Kier molecular flexibility index (Phi) is 3.69. The zero-order chi connectivity index (χ0) is 13.2. The average Bonchev–Trinajstić information content (AvgIpc) is 2.92. The molecule has 18 heavy (non-hydrogen) atoms. The molecule has 1 atom stereocenters. The number of rotatable bonds is 3. The normalized spacial score (nSPS) is 19.5. The largest absolute Gasteiger partial charge is 0.468 e. The van der Waals surface area contributed by atoms with Gasteiger partial charge >= 0.3 is 5.97 Å². The Bertz CT molecular complexity index is 421. The number of ether oxygens (including phenoxy) is 1. The maximum absolute atomic E-state index is 13.0. The van der Waals surface area contributed by atoms with E-state index in [0.29, 0.717) is 0 Å². The fourth-order valence-electron chi connectivity index (χ4n) is 3.03. The van der Waals surface area contributed by atoms with Crippen molar-refractivity contribution in [1.82, 2.24) is 0 Å². The third kappa shape index (κ3) is 2.14. The van der Waals surface area contributed by atoms with E-state index in [2.05, 4.69) is 0 Å². The van der Waals surface area contributed by atoms with Gasteiger partial charge in [-0.3, -0.25) is 4.79 Å². The van der Waals surface area contributed by atoms with Gasteiger partial charge in [0.1, 0.15) is 5.82 Å². The van der Waals surface area contributed by atoms with Crippen molar-refractivity contribution in [2.75, 3.05) is 7.11 Å². The minimum Gasteiger partial charge on any atom is -0.468 e. The molecule has 0 aromatic heterocycles. The molecule has 1 aromatic carbocycles. The first-order valence-corrected chi connectivity index (χ1v) is 6.43. The molecule has 0 spiro atoms. The van der Waals surface area contributed by atoms with Gasteiger partial charge in [0, 0.05) is 0 Å². The van der Waals surface area contributed by atoms with Crippen molar-refractivity contribution in [3.05, 3.63) is 35.6 Å². The topological polar surface area (TPSA) is 26.3 Å². The zero-order valence-corrected chi connectivity index (χ0v) is 10.9. The summed E-state index contributed by atoms with van der Waals surface area (Å²) in [6.07, 6.45) is 4.36. The van der Waals surface area contributed by atoms with Gasteiger partial charge in [-0.25, -0.2) is 4.39 Å². The fraction of sp³-hybridized carbons (Fsp3) is 0.533. The van der Waals surface area contributed by atoms with Crippen LogP contribution in [-0.2, 0) is 14.9 Å². The molecule has 0 unspecified atom stereocenters. The van der Waals surface area contributed by atoms with Gasteiger partial charge in [0.2, 0.25) is 0 Å². The second kappa shape index (κ2) is 5.09. The van der Waals surface area contributed by atoms with E-state index in [-0.39, 0.29) is 17.7 Å². The Morgan fingerprint density at radius 2 is 1.83 bits per heavy atom. The molecule has 2 nitrogen and oxygen atoms in total. The third-order valence-electron chi connectivity index (χ3n) is 4.23. The minimum atomic E-state index is -0.654. The summed E-state index contributed by atoms with van der Waals surface area (Å²) in [6.45, 7) is 1.92. The van der Waals surface area contributed by atoms with Crippen LogP contribution < -0.4 is 0 Å². The van der Waals surface area contributed by atoms with Gasteiger partial charge in [0.15, 0.2) is 0 Å². The number of hydrogen-bond acceptors (Lipinski definition) is 2. The molecule has 0 heterocycles. The molecule has 98 valence electrons. The number of benzene rings is 1. The molecule has 1 aliphatic rings. The lowest BCUT2D eigenvalue weighted by atomic mass is 9.71. The third-order valence-corrected chi connectivity index (χ3v) is 4.23. The molecular weight excluding hydrogens is 231 g/mol. The number of esters is 1. The molecule has 1 saturated carbocycles. The molecule has 0 N–H and O–H groups in total. The van der Waals surface area contributed by atoms with Gasteiger partial charge in [-0.1, -0.05) is 25.0 Å². The van der Waals surface area contributed by atoms with Crippen LogP contribution in [0.1, 0.15) is 38.2 Å². The van der Waals surface area contributed by atoms with Gasteiger partial charge in [-0.05, 0) is 43.4 Å². The highest BCUT2D eigenvalue weighted by Crippen LogP contribution is 2.43. The van der Waals surface area contributed by atoms with Crippen LogP contribution >= 0.6 is 0 Å². The molecule has 0 aliphatic heterocycles. The monoisotopic (exact) mass is 250 g/mol. The first-order valence-electron chi connectivity index (χ1n) is 6.43. The van der Waals surface area contributed by atoms with E-state index in [9.17, 15) is 9.18 Å². The smallest absolute Gasteiger partial charge is 0.316 e. The second-order valence-corrected chi connectivity index (χ2v) is 5.18. The standard InChI is InChI=1S/C15H19FO2/c1-15(14(17)18-2,11-5-3-4-6-11)12-7-9-13(16)10-8-12/h7-11H,3-6H2,1-2H3/t15-/m1/s1. The molecule has 0 saturated heterocycles. The SMILES string of the molecule is COC(=O)[C@@](C)(c1ccc(F)cc1)C1CCCC1. The van der Waals surface area contributed by atoms with Crippen LogP contribution in [0.2, 0.25) is 0 Å². The van der Waals surface area contributed by atoms with Crippen LogP contribution in [0.15, 0.2) is 24.3 Å². The highest BCUT2D eigenvalue weighted by Gasteiger charge is 2.44. The quantitative estimate of drug-likeness (QED) is 0.768. The van der Waals surface area contributed by atoms with Crippen molar-refractivity contribution in [3.63, 3.8) is 0 Å². The maximum atomic E-state index is 13.0. The van der Waals surface area contributed by atoms with E-state index in [1.54, 1.807) is 12.1 Å². The summed E-state index contributed by atoms with van der Waals surface area (Å²) in [5.74, 6) is -0.214. The Morgan fingerprint density at radius 1 is 1.28 bits per heavy atom. The zero-order valence-electron chi connectivity index (χ0n) is 10.9. The van der Waals surface area contributed by atoms with Crippen LogP contribution in [0.4, 0.5) is 4.39 Å². The number of halogens is 1. The summed E-state index contributed by atoms with van der Waals surface area (Å²) < 4.78 is 18.0. The van der Waals surface area contributed by atoms with Gasteiger partial charge in [-0.2, -0.15) is 0 Å². The molecule has 1 aliphatic carbocycles. The summed E-state index contributed by atoms with van der Waals surface area (Å²) in [7, 11) is 1.42. The summed E-state index contributed by atoms with van der Waals surface area (Å²) in [4.78, 5) is 12.2. The van der Waals surface area contributed by atoms with Crippen LogP contribution in [-0.4, -0.2) is 13.1 Å². The average molecular weight is 250 g/mol.